The second-order valence-electron chi connectivity index (χ2n) is 5.78. The van der Waals surface area contributed by atoms with Gasteiger partial charge in [-0.15, -0.1) is 0 Å². The Morgan fingerprint density at radius 1 is 1.14 bits per heavy atom. The number of halogens is 1. The van der Waals surface area contributed by atoms with Gasteiger partial charge in [0.15, 0.2) is 0 Å². The zero-order chi connectivity index (χ0) is 15.6. The Morgan fingerprint density at radius 3 is 2.29 bits per heavy atom. The van der Waals surface area contributed by atoms with Crippen LogP contribution in [0.2, 0.25) is 0 Å². The summed E-state index contributed by atoms with van der Waals surface area (Å²) in [5.74, 6) is -1.96. The van der Waals surface area contributed by atoms with Crippen molar-refractivity contribution in [1.29, 1.82) is 0 Å². The maximum Gasteiger partial charge on any atom is 0.339 e. The molecule has 0 unspecified atom stereocenters. The molecule has 0 aliphatic rings. The van der Waals surface area contributed by atoms with Gasteiger partial charge in [0.25, 0.3) is 0 Å². The van der Waals surface area contributed by atoms with Crippen molar-refractivity contribution in [3.63, 3.8) is 0 Å². The maximum absolute atomic E-state index is 13.7. The molecule has 3 heteroatoms. The molecule has 110 valence electrons. The highest BCUT2D eigenvalue weighted by molar-refractivity contribution is 5.96. The second-order valence-corrected chi connectivity index (χ2v) is 5.78. The third-order valence-electron chi connectivity index (χ3n) is 4.09. The average molecular weight is 286 g/mol. The molecule has 0 spiro atoms. The monoisotopic (exact) mass is 286 g/mol. The summed E-state index contributed by atoms with van der Waals surface area (Å²) in [6.07, 6.45) is 1.01. The molecule has 0 fully saturated rings. The van der Waals surface area contributed by atoms with E-state index in [-0.39, 0.29) is 11.0 Å². The Kier molecular flexibility index (Phi) is 4.12. The van der Waals surface area contributed by atoms with Crippen LogP contribution in [-0.2, 0) is 5.41 Å². The Labute approximate surface area is 124 Å². The Balaban J connectivity index is 2.50. The zero-order valence-corrected chi connectivity index (χ0v) is 12.5. The molecule has 2 aromatic carbocycles. The average Bonchev–Trinajstić information content (AvgIpc) is 2.46. The van der Waals surface area contributed by atoms with E-state index in [1.54, 1.807) is 6.07 Å². The SMILES string of the molecule is CCC(C)(C)c1ccc(-c2cccc(F)c2C(=O)O)cc1. The van der Waals surface area contributed by atoms with Crippen LogP contribution in [0.25, 0.3) is 11.1 Å². The lowest BCUT2D eigenvalue weighted by atomic mass is 9.81. The smallest absolute Gasteiger partial charge is 0.339 e. The van der Waals surface area contributed by atoms with Gasteiger partial charge in [-0.1, -0.05) is 57.2 Å². The fourth-order valence-corrected chi connectivity index (χ4v) is 2.29. The van der Waals surface area contributed by atoms with Gasteiger partial charge in [-0.05, 0) is 34.6 Å². The quantitative estimate of drug-likeness (QED) is 0.869. The number of carboxylic acids is 1. The molecular formula is C18H19FO2. The van der Waals surface area contributed by atoms with Crippen LogP contribution in [0.3, 0.4) is 0 Å². The highest BCUT2D eigenvalue weighted by Gasteiger charge is 2.19. The minimum atomic E-state index is -1.25. The molecule has 0 saturated heterocycles. The summed E-state index contributed by atoms with van der Waals surface area (Å²) in [5, 5.41) is 9.19. The van der Waals surface area contributed by atoms with Crippen molar-refractivity contribution in [3.8, 4) is 11.1 Å². The summed E-state index contributed by atoms with van der Waals surface area (Å²) in [4.78, 5) is 11.2. The third kappa shape index (κ3) is 2.97. The molecule has 0 aliphatic carbocycles. The largest absolute Gasteiger partial charge is 0.478 e. The summed E-state index contributed by atoms with van der Waals surface area (Å²) < 4.78 is 13.7. The minimum absolute atomic E-state index is 0.0656. The Morgan fingerprint density at radius 2 is 1.76 bits per heavy atom. The van der Waals surface area contributed by atoms with Crippen molar-refractivity contribution in [2.75, 3.05) is 0 Å². The summed E-state index contributed by atoms with van der Waals surface area (Å²) in [5.41, 5.74) is 2.09. The molecule has 0 aromatic heterocycles. The molecular weight excluding hydrogens is 267 g/mol. The third-order valence-corrected chi connectivity index (χ3v) is 4.09. The van der Waals surface area contributed by atoms with Gasteiger partial charge in [0.2, 0.25) is 0 Å². The summed E-state index contributed by atoms with van der Waals surface area (Å²) in [7, 11) is 0. The van der Waals surface area contributed by atoms with Crippen LogP contribution in [0.1, 0.15) is 43.1 Å². The standard InChI is InChI=1S/C18H19FO2/c1-4-18(2,3)13-10-8-12(9-11-13)14-6-5-7-15(19)16(14)17(20)21/h5-11H,4H2,1-3H3,(H,20,21). The van der Waals surface area contributed by atoms with Crippen molar-refractivity contribution in [3.05, 3.63) is 59.4 Å². The van der Waals surface area contributed by atoms with Gasteiger partial charge in [0.1, 0.15) is 11.4 Å². The van der Waals surface area contributed by atoms with Crippen molar-refractivity contribution in [2.45, 2.75) is 32.6 Å². The Hall–Kier alpha value is -2.16. The molecule has 0 amide bonds. The lowest BCUT2D eigenvalue weighted by Gasteiger charge is -2.23. The molecule has 2 nitrogen and oxygen atoms in total. The first kappa shape index (κ1) is 15.2. The normalized spacial score (nSPS) is 11.4. The lowest BCUT2D eigenvalue weighted by molar-refractivity contribution is 0.0693. The van der Waals surface area contributed by atoms with Crippen molar-refractivity contribution < 1.29 is 14.3 Å². The van der Waals surface area contributed by atoms with Crippen LogP contribution in [0.5, 0.6) is 0 Å². The summed E-state index contributed by atoms with van der Waals surface area (Å²) >= 11 is 0. The van der Waals surface area contributed by atoms with Crippen LogP contribution in [-0.4, -0.2) is 11.1 Å². The van der Waals surface area contributed by atoms with Crippen LogP contribution in [0.4, 0.5) is 4.39 Å². The number of carboxylic acid groups (broad SMARTS) is 1. The molecule has 0 heterocycles. The first-order valence-corrected chi connectivity index (χ1v) is 6.99. The fraction of sp³-hybridized carbons (Fsp3) is 0.278. The van der Waals surface area contributed by atoms with E-state index in [4.69, 9.17) is 0 Å². The van der Waals surface area contributed by atoms with E-state index in [1.165, 1.54) is 17.7 Å². The Bertz CT molecular complexity index is 657. The van der Waals surface area contributed by atoms with Gasteiger partial charge in [-0.2, -0.15) is 0 Å². The number of hydrogen-bond acceptors (Lipinski definition) is 1. The van der Waals surface area contributed by atoms with Gasteiger partial charge >= 0.3 is 5.97 Å². The van der Waals surface area contributed by atoms with Crippen LogP contribution in [0, 0.1) is 5.82 Å². The predicted octanol–water partition coefficient (Wildman–Crippen LogP) is 4.88. The van der Waals surface area contributed by atoms with Gasteiger partial charge in [-0.3, -0.25) is 0 Å². The van der Waals surface area contributed by atoms with Gasteiger partial charge in [-0.25, -0.2) is 9.18 Å². The first-order valence-electron chi connectivity index (χ1n) is 6.99. The number of rotatable bonds is 4. The van der Waals surface area contributed by atoms with Crippen molar-refractivity contribution in [2.24, 2.45) is 0 Å². The van der Waals surface area contributed by atoms with E-state index < -0.39 is 11.8 Å². The van der Waals surface area contributed by atoms with Gasteiger partial charge < -0.3 is 5.11 Å². The predicted molar refractivity (Wildman–Crippen MR) is 82.1 cm³/mol. The number of carbonyl (C=O) groups is 1. The molecule has 0 bridgehead atoms. The maximum atomic E-state index is 13.7. The summed E-state index contributed by atoms with van der Waals surface area (Å²) in [6, 6.07) is 12.0. The molecule has 2 rings (SSSR count). The van der Waals surface area contributed by atoms with Crippen LogP contribution >= 0.6 is 0 Å². The van der Waals surface area contributed by atoms with E-state index in [2.05, 4.69) is 20.8 Å². The van der Waals surface area contributed by atoms with Gasteiger partial charge in [0, 0.05) is 0 Å². The zero-order valence-electron chi connectivity index (χ0n) is 12.5. The number of benzene rings is 2. The molecule has 0 saturated carbocycles. The lowest BCUT2D eigenvalue weighted by Crippen LogP contribution is -2.15. The number of hydrogen-bond donors (Lipinski definition) is 1. The fourth-order valence-electron chi connectivity index (χ4n) is 2.29. The van der Waals surface area contributed by atoms with Crippen LogP contribution in [0.15, 0.2) is 42.5 Å². The molecule has 21 heavy (non-hydrogen) atoms. The van der Waals surface area contributed by atoms with Gasteiger partial charge in [0.05, 0.1) is 0 Å². The van der Waals surface area contributed by atoms with E-state index in [9.17, 15) is 14.3 Å². The highest BCUT2D eigenvalue weighted by atomic mass is 19.1. The van der Waals surface area contributed by atoms with Crippen molar-refractivity contribution >= 4 is 5.97 Å². The highest BCUT2D eigenvalue weighted by Crippen LogP contribution is 2.30. The molecule has 1 N–H and O–H groups in total. The second kappa shape index (κ2) is 5.68. The molecule has 0 atom stereocenters. The molecule has 2 aromatic rings. The van der Waals surface area contributed by atoms with E-state index >= 15 is 0 Å². The molecule has 0 aliphatic heterocycles. The van der Waals surface area contributed by atoms with Crippen molar-refractivity contribution in [1.82, 2.24) is 0 Å². The minimum Gasteiger partial charge on any atom is -0.478 e. The first-order chi connectivity index (χ1) is 9.86. The topological polar surface area (TPSA) is 37.3 Å². The van der Waals surface area contributed by atoms with E-state index in [0.29, 0.717) is 11.1 Å². The van der Waals surface area contributed by atoms with E-state index in [0.717, 1.165) is 6.42 Å². The summed E-state index contributed by atoms with van der Waals surface area (Å²) in [6.45, 7) is 6.45. The number of aromatic carboxylic acids is 1. The van der Waals surface area contributed by atoms with Crippen LogP contribution < -0.4 is 0 Å². The molecule has 0 radical (unpaired) electrons. The van der Waals surface area contributed by atoms with E-state index in [1.807, 2.05) is 24.3 Å².